The van der Waals surface area contributed by atoms with Gasteiger partial charge in [-0.2, -0.15) is 8.78 Å². The van der Waals surface area contributed by atoms with E-state index < -0.39 is 23.3 Å². The molecule has 4 aliphatic carbocycles. The molecule has 0 saturated heterocycles. The zero-order valence-corrected chi connectivity index (χ0v) is 41.6. The standard InChI is InChI=1S/C59H90F4O3/c1-43-17-21-45(22-18-43)25-27-47-29-33-49(34-30-47)52-37-39-54(58(62)56(52)60)65-41-13-9-5-3-7-11-15-51(64)16-12-8-4-6-10-14-42-66-55-40-38-53(57(61)59(55)63)50-35-31-48(32-36-50)28-26-46-23-19-44(2)20-24-46/h37-40,43-50H,3-36,41-42H2,1-2H3. The van der Waals surface area contributed by atoms with Gasteiger partial charge in [0.2, 0.25) is 11.6 Å². The average molecular weight is 923 g/mol. The minimum Gasteiger partial charge on any atom is -0.490 e. The molecule has 0 amide bonds. The Morgan fingerprint density at radius 3 is 1.06 bits per heavy atom. The van der Waals surface area contributed by atoms with Crippen molar-refractivity contribution in [1.29, 1.82) is 0 Å². The minimum absolute atomic E-state index is 0.0273. The van der Waals surface area contributed by atoms with E-state index in [1.165, 1.54) is 77.0 Å². The van der Waals surface area contributed by atoms with Gasteiger partial charge < -0.3 is 9.47 Å². The predicted molar refractivity (Wildman–Crippen MR) is 263 cm³/mol. The summed E-state index contributed by atoms with van der Waals surface area (Å²) in [6.45, 7) is 5.51. The van der Waals surface area contributed by atoms with Crippen LogP contribution in [0.3, 0.4) is 0 Å². The molecule has 0 atom stereocenters. The Hall–Kier alpha value is -2.57. The molecule has 0 unspecified atom stereocenters. The molecule has 372 valence electrons. The minimum atomic E-state index is -0.835. The van der Waals surface area contributed by atoms with Crippen molar-refractivity contribution in [2.75, 3.05) is 13.2 Å². The van der Waals surface area contributed by atoms with E-state index in [1.807, 2.05) is 0 Å². The van der Waals surface area contributed by atoms with Crippen LogP contribution in [-0.2, 0) is 4.79 Å². The Labute approximate surface area is 399 Å². The maximum absolute atomic E-state index is 15.2. The number of benzene rings is 2. The van der Waals surface area contributed by atoms with Gasteiger partial charge in [-0.05, 0) is 148 Å². The fourth-order valence-electron chi connectivity index (χ4n) is 12.4. The topological polar surface area (TPSA) is 35.5 Å². The fourth-order valence-corrected chi connectivity index (χ4v) is 12.4. The fraction of sp³-hybridized carbons (Fsp3) is 0.780. The Morgan fingerprint density at radius 1 is 0.409 bits per heavy atom. The molecule has 0 N–H and O–H groups in total. The van der Waals surface area contributed by atoms with Gasteiger partial charge in [0.05, 0.1) is 13.2 Å². The Morgan fingerprint density at radius 2 is 0.712 bits per heavy atom. The molecule has 2 aromatic carbocycles. The van der Waals surface area contributed by atoms with Crippen LogP contribution in [0.4, 0.5) is 17.6 Å². The molecule has 0 aromatic heterocycles. The van der Waals surface area contributed by atoms with Crippen molar-refractivity contribution in [3.8, 4) is 11.5 Å². The van der Waals surface area contributed by atoms with E-state index in [0.717, 1.165) is 164 Å². The number of rotatable bonds is 28. The van der Waals surface area contributed by atoms with Crippen LogP contribution in [0.15, 0.2) is 24.3 Å². The smallest absolute Gasteiger partial charge is 0.200 e. The largest absolute Gasteiger partial charge is 0.490 e. The second-order valence-corrected chi connectivity index (χ2v) is 22.4. The van der Waals surface area contributed by atoms with Crippen molar-refractivity contribution in [1.82, 2.24) is 0 Å². The molecule has 7 heteroatoms. The molecule has 6 rings (SSSR count). The normalized spacial score (nSPS) is 26.0. The van der Waals surface area contributed by atoms with Gasteiger partial charge in [0.1, 0.15) is 5.78 Å². The molecule has 0 heterocycles. The molecule has 4 saturated carbocycles. The summed E-state index contributed by atoms with van der Waals surface area (Å²) < 4.78 is 71.8. The summed E-state index contributed by atoms with van der Waals surface area (Å²) in [5.41, 5.74) is 1.05. The van der Waals surface area contributed by atoms with Crippen molar-refractivity contribution < 1.29 is 31.8 Å². The van der Waals surface area contributed by atoms with Gasteiger partial charge >= 0.3 is 0 Å². The summed E-state index contributed by atoms with van der Waals surface area (Å²) in [6, 6.07) is 6.79. The Kier molecular flexibility index (Phi) is 23.0. The number of unbranched alkanes of at least 4 members (excludes halogenated alkanes) is 10. The highest BCUT2D eigenvalue weighted by molar-refractivity contribution is 5.78. The number of halogens is 4. The second kappa shape index (κ2) is 28.8. The number of carbonyl (C=O) groups is 1. The van der Waals surface area contributed by atoms with Crippen LogP contribution in [0.5, 0.6) is 11.5 Å². The van der Waals surface area contributed by atoms with Crippen LogP contribution in [0.2, 0.25) is 0 Å². The second-order valence-electron chi connectivity index (χ2n) is 22.4. The first-order chi connectivity index (χ1) is 32.1. The van der Waals surface area contributed by atoms with E-state index in [1.54, 1.807) is 24.3 Å². The van der Waals surface area contributed by atoms with Crippen molar-refractivity contribution >= 4 is 5.78 Å². The lowest BCUT2D eigenvalue weighted by atomic mass is 9.74. The molecule has 66 heavy (non-hydrogen) atoms. The highest BCUT2D eigenvalue weighted by atomic mass is 19.2. The maximum Gasteiger partial charge on any atom is 0.200 e. The molecule has 4 fully saturated rings. The van der Waals surface area contributed by atoms with Crippen LogP contribution in [0, 0.1) is 58.8 Å². The summed E-state index contributed by atoms with van der Waals surface area (Å²) in [4.78, 5) is 12.4. The van der Waals surface area contributed by atoms with Crippen LogP contribution in [0.1, 0.15) is 255 Å². The van der Waals surface area contributed by atoms with Crippen molar-refractivity contribution in [3.05, 3.63) is 58.7 Å². The van der Waals surface area contributed by atoms with Crippen LogP contribution in [-0.4, -0.2) is 19.0 Å². The summed E-state index contributed by atoms with van der Waals surface area (Å²) in [7, 11) is 0. The van der Waals surface area contributed by atoms with Crippen LogP contribution < -0.4 is 9.47 Å². The van der Waals surface area contributed by atoms with Gasteiger partial charge in [-0.3, -0.25) is 4.79 Å². The molecule has 0 bridgehead atoms. The van der Waals surface area contributed by atoms with Crippen LogP contribution in [0.25, 0.3) is 0 Å². The molecule has 0 aliphatic heterocycles. The summed E-state index contributed by atoms with van der Waals surface area (Å²) in [5.74, 6) is 2.56. The summed E-state index contributed by atoms with van der Waals surface area (Å²) in [6.07, 6.45) is 37.5. The molecular formula is C59H90F4O3. The monoisotopic (exact) mass is 923 g/mol. The maximum atomic E-state index is 15.2. The van der Waals surface area contributed by atoms with Gasteiger partial charge in [-0.25, -0.2) is 8.78 Å². The summed E-state index contributed by atoms with van der Waals surface area (Å²) >= 11 is 0. The van der Waals surface area contributed by atoms with E-state index in [0.29, 0.717) is 43.0 Å². The van der Waals surface area contributed by atoms with Gasteiger partial charge in [0.25, 0.3) is 0 Å². The lowest BCUT2D eigenvalue weighted by Gasteiger charge is -2.31. The number of ether oxygens (including phenoxy) is 2. The highest BCUT2D eigenvalue weighted by Crippen LogP contribution is 2.43. The third-order valence-corrected chi connectivity index (χ3v) is 17.2. The quantitative estimate of drug-likeness (QED) is 0.0630. The van der Waals surface area contributed by atoms with Crippen molar-refractivity contribution in [2.45, 2.75) is 244 Å². The first kappa shape index (κ1) is 52.8. The number of hydrogen-bond acceptors (Lipinski definition) is 3. The lowest BCUT2D eigenvalue weighted by molar-refractivity contribution is -0.119. The van der Waals surface area contributed by atoms with Crippen molar-refractivity contribution in [3.63, 3.8) is 0 Å². The van der Waals surface area contributed by atoms with Gasteiger partial charge in [-0.1, -0.05) is 154 Å². The van der Waals surface area contributed by atoms with Gasteiger partial charge in [0, 0.05) is 12.8 Å². The third kappa shape index (κ3) is 17.4. The first-order valence-electron chi connectivity index (χ1n) is 27.9. The van der Waals surface area contributed by atoms with E-state index in [4.69, 9.17) is 9.47 Å². The third-order valence-electron chi connectivity index (χ3n) is 17.2. The van der Waals surface area contributed by atoms with E-state index in [-0.39, 0.29) is 23.3 Å². The number of ketones is 1. The molecule has 3 nitrogen and oxygen atoms in total. The van der Waals surface area contributed by atoms with Crippen molar-refractivity contribution in [2.24, 2.45) is 35.5 Å². The van der Waals surface area contributed by atoms with Crippen LogP contribution >= 0.6 is 0 Å². The highest BCUT2D eigenvalue weighted by Gasteiger charge is 2.30. The lowest BCUT2D eigenvalue weighted by Crippen LogP contribution is -2.17. The number of carbonyl (C=O) groups excluding carboxylic acids is 1. The van der Waals surface area contributed by atoms with E-state index in [2.05, 4.69) is 13.8 Å². The van der Waals surface area contributed by atoms with Gasteiger partial charge in [0.15, 0.2) is 23.1 Å². The molecular weight excluding hydrogens is 833 g/mol. The van der Waals surface area contributed by atoms with Gasteiger partial charge in [-0.15, -0.1) is 0 Å². The average Bonchev–Trinajstić information content (AvgIpc) is 3.33. The molecule has 0 radical (unpaired) electrons. The Balaban J connectivity index is 0.710. The van der Waals surface area contributed by atoms with E-state index in [9.17, 15) is 4.79 Å². The van der Waals surface area contributed by atoms with E-state index >= 15 is 17.6 Å². The zero-order valence-electron chi connectivity index (χ0n) is 41.6. The first-order valence-corrected chi connectivity index (χ1v) is 27.9. The number of Topliss-reactive ketones (excluding diaryl/α,β-unsaturated/α-hetero) is 1. The Bertz CT molecular complexity index is 1560. The zero-order chi connectivity index (χ0) is 46.5. The molecule has 2 aromatic rings. The number of hydrogen-bond donors (Lipinski definition) is 0. The predicted octanol–water partition coefficient (Wildman–Crippen LogP) is 18.5. The molecule has 4 aliphatic rings. The summed E-state index contributed by atoms with van der Waals surface area (Å²) in [5, 5.41) is 0. The SMILES string of the molecule is CC1CCC(CCC2CCC(c3ccc(OCCCCCCCCC(=O)CCCCCCCCOc4ccc(C5CCC(CCC6CCC(C)CC6)CC5)c(F)c4F)c(F)c3F)CC2)CC1. The molecule has 0 spiro atoms.